The van der Waals surface area contributed by atoms with Crippen molar-refractivity contribution in [2.45, 2.75) is 4.90 Å². The topological polar surface area (TPSA) is 37.9 Å². The number of benzene rings is 1. The van der Waals surface area contributed by atoms with E-state index in [0.717, 1.165) is 21.7 Å². The van der Waals surface area contributed by atoms with Crippen LogP contribution in [0, 0.1) is 0 Å². The Morgan fingerprint density at radius 3 is 3.00 bits per heavy atom. The zero-order chi connectivity index (χ0) is 9.26. The van der Waals surface area contributed by atoms with E-state index >= 15 is 0 Å². The number of hydrogen-bond donors (Lipinski definition) is 1. The maximum atomic E-state index is 5.17. The van der Waals surface area contributed by atoms with Gasteiger partial charge in [0.25, 0.3) is 0 Å². The van der Waals surface area contributed by atoms with Gasteiger partial charge in [-0.05, 0) is 12.3 Å². The number of ether oxygens (including phenoxy) is 1. The molecule has 1 heterocycles. The number of aromatic nitrogens is 2. The molecule has 1 aromatic carbocycles. The van der Waals surface area contributed by atoms with Crippen molar-refractivity contribution in [1.82, 2.24) is 9.97 Å². The minimum Gasteiger partial charge on any atom is -0.497 e. The molecule has 0 saturated carbocycles. The van der Waals surface area contributed by atoms with Gasteiger partial charge in [0.05, 0.1) is 19.0 Å². The predicted molar refractivity (Wildman–Crippen MR) is 54.4 cm³/mol. The first-order valence-electron chi connectivity index (χ1n) is 3.90. The summed E-state index contributed by atoms with van der Waals surface area (Å²) in [5.74, 6) is 0.862. The van der Waals surface area contributed by atoms with Crippen LogP contribution in [-0.4, -0.2) is 23.3 Å². The molecule has 0 atom stereocenters. The van der Waals surface area contributed by atoms with Gasteiger partial charge in [0, 0.05) is 11.0 Å². The summed E-state index contributed by atoms with van der Waals surface area (Å²) in [5.41, 5.74) is 2.03. The molecule has 0 bridgehead atoms. The zero-order valence-electron chi connectivity index (χ0n) is 7.50. The largest absolute Gasteiger partial charge is 0.497 e. The van der Waals surface area contributed by atoms with Gasteiger partial charge < -0.3 is 9.72 Å². The van der Waals surface area contributed by atoms with E-state index in [1.807, 2.05) is 18.4 Å². The highest BCUT2D eigenvalue weighted by atomic mass is 32.2. The molecule has 4 heteroatoms. The molecule has 1 aromatic heterocycles. The summed E-state index contributed by atoms with van der Waals surface area (Å²) >= 11 is 1.67. The van der Waals surface area contributed by atoms with Crippen LogP contribution in [0.5, 0.6) is 5.75 Å². The number of nitrogens with one attached hydrogen (secondary N) is 1. The van der Waals surface area contributed by atoms with E-state index in [0.29, 0.717) is 0 Å². The number of thioether (sulfide) groups is 1. The number of aromatic amines is 1. The molecule has 1 N–H and O–H groups in total. The van der Waals surface area contributed by atoms with Crippen molar-refractivity contribution in [3.8, 4) is 5.75 Å². The fourth-order valence-corrected chi connectivity index (χ4v) is 1.86. The molecule has 0 spiro atoms. The van der Waals surface area contributed by atoms with E-state index in [9.17, 15) is 0 Å². The molecule has 13 heavy (non-hydrogen) atoms. The third kappa shape index (κ3) is 1.37. The van der Waals surface area contributed by atoms with Crippen LogP contribution in [0.15, 0.2) is 23.4 Å². The van der Waals surface area contributed by atoms with Crippen molar-refractivity contribution in [3.05, 3.63) is 18.5 Å². The lowest BCUT2D eigenvalue weighted by atomic mass is 10.3. The zero-order valence-corrected chi connectivity index (χ0v) is 8.31. The normalized spacial score (nSPS) is 10.6. The number of methoxy groups -OCH3 is 1. The Hall–Kier alpha value is -1.16. The van der Waals surface area contributed by atoms with Crippen LogP contribution in [0.4, 0.5) is 0 Å². The first-order chi connectivity index (χ1) is 6.35. The second kappa shape index (κ2) is 3.30. The van der Waals surface area contributed by atoms with E-state index in [4.69, 9.17) is 4.74 Å². The van der Waals surface area contributed by atoms with E-state index in [1.165, 1.54) is 0 Å². The highest BCUT2D eigenvalue weighted by Crippen LogP contribution is 2.28. The summed E-state index contributed by atoms with van der Waals surface area (Å²) < 4.78 is 5.17. The molecule has 68 valence electrons. The molecular formula is C9H10N2OS. The SMILES string of the molecule is COc1cc(SC)c2nc[nH]c2c1. The van der Waals surface area contributed by atoms with Crippen molar-refractivity contribution in [2.24, 2.45) is 0 Å². The van der Waals surface area contributed by atoms with E-state index in [-0.39, 0.29) is 0 Å². The molecule has 3 nitrogen and oxygen atoms in total. The molecule has 0 aliphatic rings. The van der Waals surface area contributed by atoms with Crippen LogP contribution in [0.2, 0.25) is 0 Å². The Bertz CT molecular complexity index is 424. The van der Waals surface area contributed by atoms with Gasteiger partial charge in [-0.25, -0.2) is 4.98 Å². The lowest BCUT2D eigenvalue weighted by Gasteiger charge is -2.02. The standard InChI is InChI=1S/C9H10N2OS/c1-12-6-3-7-9(11-5-10-7)8(4-6)13-2/h3-5H,1-2H3,(H,10,11). The average Bonchev–Trinajstić information content (AvgIpc) is 2.63. The van der Waals surface area contributed by atoms with Crippen LogP contribution in [0.25, 0.3) is 11.0 Å². The fourth-order valence-electron chi connectivity index (χ4n) is 1.27. The monoisotopic (exact) mass is 194 g/mol. The molecule has 0 radical (unpaired) electrons. The first kappa shape index (κ1) is 8.44. The molecular weight excluding hydrogens is 184 g/mol. The first-order valence-corrected chi connectivity index (χ1v) is 5.12. The highest BCUT2D eigenvalue weighted by Gasteiger charge is 2.05. The second-order valence-electron chi connectivity index (χ2n) is 2.63. The number of rotatable bonds is 2. The van der Waals surface area contributed by atoms with Gasteiger partial charge in [-0.2, -0.15) is 0 Å². The summed E-state index contributed by atoms with van der Waals surface area (Å²) in [7, 11) is 1.67. The van der Waals surface area contributed by atoms with Crippen molar-refractivity contribution < 1.29 is 4.74 Å². The summed E-state index contributed by atoms with van der Waals surface area (Å²) in [6.45, 7) is 0. The molecule has 0 fully saturated rings. The average molecular weight is 194 g/mol. The molecule has 0 saturated heterocycles. The highest BCUT2D eigenvalue weighted by molar-refractivity contribution is 7.98. The number of H-pyrrole nitrogens is 1. The van der Waals surface area contributed by atoms with Crippen LogP contribution in [-0.2, 0) is 0 Å². The van der Waals surface area contributed by atoms with Crippen LogP contribution in [0.3, 0.4) is 0 Å². The van der Waals surface area contributed by atoms with Crippen molar-refractivity contribution in [1.29, 1.82) is 0 Å². The van der Waals surface area contributed by atoms with Gasteiger partial charge >= 0.3 is 0 Å². The Kier molecular flexibility index (Phi) is 2.14. The number of nitrogens with zero attached hydrogens (tertiary/aromatic N) is 1. The fraction of sp³-hybridized carbons (Fsp3) is 0.222. The number of fused-ring (bicyclic) bond motifs is 1. The molecule has 2 aromatic rings. The van der Waals surface area contributed by atoms with Gasteiger partial charge in [-0.3, -0.25) is 0 Å². The molecule has 2 rings (SSSR count). The van der Waals surface area contributed by atoms with E-state index in [2.05, 4.69) is 9.97 Å². The molecule has 0 aliphatic carbocycles. The lowest BCUT2D eigenvalue weighted by Crippen LogP contribution is -1.84. The summed E-state index contributed by atoms with van der Waals surface area (Å²) in [5, 5.41) is 0. The molecule has 0 unspecified atom stereocenters. The van der Waals surface area contributed by atoms with Gasteiger partial charge in [-0.15, -0.1) is 11.8 Å². The summed E-state index contributed by atoms with van der Waals surface area (Å²) in [6, 6.07) is 3.94. The predicted octanol–water partition coefficient (Wildman–Crippen LogP) is 2.29. The smallest absolute Gasteiger partial charge is 0.122 e. The summed E-state index contributed by atoms with van der Waals surface area (Å²) in [6.07, 6.45) is 3.73. The third-order valence-electron chi connectivity index (χ3n) is 1.92. The van der Waals surface area contributed by atoms with Gasteiger partial charge in [0.2, 0.25) is 0 Å². The molecule has 0 aliphatic heterocycles. The lowest BCUT2D eigenvalue weighted by molar-refractivity contribution is 0.414. The Balaban J connectivity index is 2.70. The molecule has 0 amide bonds. The maximum absolute atomic E-state index is 5.17. The van der Waals surface area contributed by atoms with Gasteiger partial charge in [0.15, 0.2) is 0 Å². The Labute approximate surface area is 80.5 Å². The summed E-state index contributed by atoms with van der Waals surface area (Å²) in [4.78, 5) is 8.43. The number of imidazole rings is 1. The number of hydrogen-bond acceptors (Lipinski definition) is 3. The van der Waals surface area contributed by atoms with Crippen molar-refractivity contribution in [3.63, 3.8) is 0 Å². The van der Waals surface area contributed by atoms with Crippen molar-refractivity contribution in [2.75, 3.05) is 13.4 Å². The van der Waals surface area contributed by atoms with Crippen LogP contribution < -0.4 is 4.74 Å². The van der Waals surface area contributed by atoms with Gasteiger partial charge in [-0.1, -0.05) is 0 Å². The van der Waals surface area contributed by atoms with E-state index in [1.54, 1.807) is 25.2 Å². The minimum absolute atomic E-state index is 0.862. The quantitative estimate of drug-likeness (QED) is 0.745. The van der Waals surface area contributed by atoms with Crippen molar-refractivity contribution >= 4 is 22.8 Å². The maximum Gasteiger partial charge on any atom is 0.122 e. The minimum atomic E-state index is 0.862. The Morgan fingerprint density at radius 2 is 2.31 bits per heavy atom. The van der Waals surface area contributed by atoms with E-state index < -0.39 is 0 Å². The third-order valence-corrected chi connectivity index (χ3v) is 2.67. The van der Waals surface area contributed by atoms with Crippen LogP contribution in [0.1, 0.15) is 0 Å². The van der Waals surface area contributed by atoms with Crippen LogP contribution >= 0.6 is 11.8 Å². The second-order valence-corrected chi connectivity index (χ2v) is 3.48. The Morgan fingerprint density at radius 1 is 1.46 bits per heavy atom. The van der Waals surface area contributed by atoms with Gasteiger partial charge in [0.1, 0.15) is 11.3 Å².